The predicted molar refractivity (Wildman–Crippen MR) is 122 cm³/mol. The van der Waals surface area contributed by atoms with Gasteiger partial charge in [-0.2, -0.15) is 0 Å². The van der Waals surface area contributed by atoms with Crippen molar-refractivity contribution in [3.05, 3.63) is 66.8 Å². The monoisotopic (exact) mass is 472 g/mol. The molecule has 1 amide bonds. The van der Waals surface area contributed by atoms with E-state index >= 15 is 0 Å². The van der Waals surface area contributed by atoms with Crippen molar-refractivity contribution in [2.24, 2.45) is 0 Å². The van der Waals surface area contributed by atoms with Gasteiger partial charge in [0, 0.05) is 31.5 Å². The highest BCUT2D eigenvalue weighted by atomic mass is 32.1. The molecule has 0 bridgehead atoms. The van der Waals surface area contributed by atoms with Gasteiger partial charge in [0.05, 0.1) is 17.6 Å². The van der Waals surface area contributed by atoms with Crippen molar-refractivity contribution < 1.29 is 23.0 Å². The van der Waals surface area contributed by atoms with Crippen LogP contribution in [0.2, 0.25) is 0 Å². The molecule has 0 aliphatic heterocycles. The van der Waals surface area contributed by atoms with Crippen LogP contribution < -0.4 is 14.4 Å². The number of aromatic nitrogens is 3. The first-order chi connectivity index (χ1) is 16.0. The zero-order chi connectivity index (χ0) is 23.2. The summed E-state index contributed by atoms with van der Waals surface area (Å²) >= 11 is 1.06. The standard InChI is InChI=1S/C23H22F2N4O3S/c1-2-31-17-4-6-18(7-5-17)32-14-21(30)29(10-3-9-28-11-8-26-15-28)23-27-22-19(25)12-16(24)13-20(22)33-23/h4-8,11-13,15H,2-3,9-10,14H2,1H3. The Morgan fingerprint density at radius 2 is 1.91 bits per heavy atom. The number of imidazole rings is 1. The molecule has 7 nitrogen and oxygen atoms in total. The predicted octanol–water partition coefficient (Wildman–Crippen LogP) is 4.67. The summed E-state index contributed by atoms with van der Waals surface area (Å²) in [6.45, 7) is 3.18. The number of rotatable bonds is 10. The lowest BCUT2D eigenvalue weighted by atomic mass is 10.3. The van der Waals surface area contributed by atoms with Gasteiger partial charge in [-0.25, -0.2) is 18.7 Å². The molecule has 0 saturated heterocycles. The van der Waals surface area contributed by atoms with E-state index in [0.717, 1.165) is 17.4 Å². The molecule has 0 radical (unpaired) electrons. The maximum absolute atomic E-state index is 14.2. The molecule has 4 aromatic rings. The average Bonchev–Trinajstić information content (AvgIpc) is 3.46. The molecule has 10 heteroatoms. The lowest BCUT2D eigenvalue weighted by molar-refractivity contribution is -0.120. The molecule has 172 valence electrons. The molecule has 0 unspecified atom stereocenters. The Kier molecular flexibility index (Phi) is 7.13. The minimum absolute atomic E-state index is 0.0382. The van der Waals surface area contributed by atoms with Gasteiger partial charge >= 0.3 is 0 Å². The second-order valence-corrected chi connectivity index (χ2v) is 8.13. The van der Waals surface area contributed by atoms with Gasteiger partial charge in [-0.1, -0.05) is 11.3 Å². The third-order valence-corrected chi connectivity index (χ3v) is 5.81. The van der Waals surface area contributed by atoms with Gasteiger partial charge in [0.25, 0.3) is 5.91 Å². The highest BCUT2D eigenvalue weighted by Gasteiger charge is 2.22. The zero-order valence-corrected chi connectivity index (χ0v) is 18.7. The van der Waals surface area contributed by atoms with Gasteiger partial charge in [0.1, 0.15) is 22.8 Å². The van der Waals surface area contributed by atoms with Gasteiger partial charge in [0.2, 0.25) is 0 Å². The molecule has 2 aromatic carbocycles. The lowest BCUT2D eigenvalue weighted by Gasteiger charge is -2.20. The molecule has 2 aromatic heterocycles. The quantitative estimate of drug-likeness (QED) is 0.335. The van der Waals surface area contributed by atoms with Crippen molar-refractivity contribution in [2.45, 2.75) is 19.9 Å². The number of halogens is 2. The number of amides is 1. The summed E-state index contributed by atoms with van der Waals surface area (Å²) in [5.74, 6) is -0.561. The fourth-order valence-electron chi connectivity index (χ4n) is 3.24. The van der Waals surface area contributed by atoms with E-state index < -0.39 is 11.6 Å². The number of hydrogen-bond acceptors (Lipinski definition) is 6. The summed E-state index contributed by atoms with van der Waals surface area (Å²) in [5.41, 5.74) is 0.0382. The second kappa shape index (κ2) is 10.4. The summed E-state index contributed by atoms with van der Waals surface area (Å²) in [5, 5.41) is 0.292. The largest absolute Gasteiger partial charge is 0.494 e. The van der Waals surface area contributed by atoms with E-state index in [2.05, 4.69) is 9.97 Å². The number of nitrogens with zero attached hydrogens (tertiary/aromatic N) is 4. The number of benzene rings is 2. The number of hydrogen-bond donors (Lipinski definition) is 0. The average molecular weight is 473 g/mol. The van der Waals surface area contributed by atoms with Gasteiger partial charge in [-0.05, 0) is 43.7 Å². The summed E-state index contributed by atoms with van der Waals surface area (Å²) in [4.78, 5) is 22.8. The topological polar surface area (TPSA) is 69.5 Å². The van der Waals surface area contributed by atoms with Crippen LogP contribution in [0, 0.1) is 11.6 Å². The molecule has 0 fully saturated rings. The van der Waals surface area contributed by atoms with Crippen molar-refractivity contribution in [2.75, 3.05) is 24.7 Å². The van der Waals surface area contributed by atoms with Crippen LogP contribution in [0.25, 0.3) is 10.2 Å². The maximum atomic E-state index is 14.2. The smallest absolute Gasteiger partial charge is 0.266 e. The van der Waals surface area contributed by atoms with E-state index in [1.807, 2.05) is 17.7 Å². The third kappa shape index (κ3) is 5.64. The highest BCUT2D eigenvalue weighted by Crippen LogP contribution is 2.31. The fourth-order valence-corrected chi connectivity index (χ4v) is 4.29. The number of fused-ring (bicyclic) bond motifs is 1. The molecule has 0 atom stereocenters. The van der Waals surface area contributed by atoms with Crippen LogP contribution in [-0.2, 0) is 11.3 Å². The summed E-state index contributed by atoms with van der Waals surface area (Å²) in [6.07, 6.45) is 5.81. The Bertz CT molecular complexity index is 1210. The van der Waals surface area contributed by atoms with Gasteiger partial charge in [-0.3, -0.25) is 9.69 Å². The summed E-state index contributed by atoms with van der Waals surface area (Å²) in [6, 6.07) is 8.96. The molecule has 2 heterocycles. The first kappa shape index (κ1) is 22.7. The number of thiazole rings is 1. The highest BCUT2D eigenvalue weighted by molar-refractivity contribution is 7.22. The van der Waals surface area contributed by atoms with Crippen molar-refractivity contribution in [1.29, 1.82) is 0 Å². The summed E-state index contributed by atoms with van der Waals surface area (Å²) in [7, 11) is 0. The number of carbonyl (C=O) groups is 1. The van der Waals surface area contributed by atoms with E-state index in [-0.39, 0.29) is 18.0 Å². The van der Waals surface area contributed by atoms with Gasteiger partial charge < -0.3 is 14.0 Å². The molecule has 0 aliphatic rings. The van der Waals surface area contributed by atoms with Crippen molar-refractivity contribution in [1.82, 2.24) is 14.5 Å². The molecular formula is C23H22F2N4O3S. The first-order valence-electron chi connectivity index (χ1n) is 10.4. The molecule has 0 spiro atoms. The van der Waals surface area contributed by atoms with E-state index in [4.69, 9.17) is 9.47 Å². The Balaban J connectivity index is 1.50. The van der Waals surface area contributed by atoms with Crippen LogP contribution in [0.1, 0.15) is 13.3 Å². The molecule has 4 rings (SSSR count). The fraction of sp³-hybridized carbons (Fsp3) is 0.261. The number of ether oxygens (including phenoxy) is 2. The van der Waals surface area contributed by atoms with E-state index in [1.54, 1.807) is 36.8 Å². The van der Waals surface area contributed by atoms with Crippen LogP contribution in [0.4, 0.5) is 13.9 Å². The lowest BCUT2D eigenvalue weighted by Crippen LogP contribution is -2.36. The van der Waals surface area contributed by atoms with Crippen molar-refractivity contribution in [3.63, 3.8) is 0 Å². The van der Waals surface area contributed by atoms with E-state index in [1.165, 1.54) is 11.0 Å². The Labute approximate surface area is 193 Å². The number of aryl methyl sites for hydroxylation is 1. The van der Waals surface area contributed by atoms with Crippen LogP contribution >= 0.6 is 11.3 Å². The molecule has 0 aliphatic carbocycles. The SMILES string of the molecule is CCOc1ccc(OCC(=O)N(CCCn2ccnc2)c2nc3c(F)cc(F)cc3s2)cc1. The molecule has 33 heavy (non-hydrogen) atoms. The maximum Gasteiger partial charge on any atom is 0.266 e. The second-order valence-electron chi connectivity index (χ2n) is 7.12. The van der Waals surface area contributed by atoms with Gasteiger partial charge in [0.15, 0.2) is 17.6 Å². The Morgan fingerprint density at radius 1 is 1.15 bits per heavy atom. The molecular weight excluding hydrogens is 450 g/mol. The molecule has 0 saturated carbocycles. The van der Waals surface area contributed by atoms with Crippen molar-refractivity contribution in [3.8, 4) is 11.5 Å². The van der Waals surface area contributed by atoms with Gasteiger partial charge in [-0.15, -0.1) is 0 Å². The van der Waals surface area contributed by atoms with E-state index in [0.29, 0.717) is 47.4 Å². The first-order valence-corrected chi connectivity index (χ1v) is 11.2. The minimum Gasteiger partial charge on any atom is -0.494 e. The molecule has 0 N–H and O–H groups in total. The van der Waals surface area contributed by atoms with E-state index in [9.17, 15) is 13.6 Å². The van der Waals surface area contributed by atoms with Crippen LogP contribution in [0.5, 0.6) is 11.5 Å². The summed E-state index contributed by atoms with van der Waals surface area (Å²) < 4.78 is 41.1. The zero-order valence-electron chi connectivity index (χ0n) is 17.9. The minimum atomic E-state index is -0.760. The Morgan fingerprint density at radius 3 is 2.61 bits per heavy atom. The normalized spacial score (nSPS) is 11.0. The van der Waals surface area contributed by atoms with Crippen molar-refractivity contribution >= 4 is 32.6 Å². The third-order valence-electron chi connectivity index (χ3n) is 4.79. The van der Waals surface area contributed by atoms with Crippen LogP contribution in [-0.4, -0.2) is 40.2 Å². The van der Waals surface area contributed by atoms with Crippen LogP contribution in [0.3, 0.4) is 0 Å². The Hall–Kier alpha value is -3.53. The number of carbonyl (C=O) groups excluding carboxylic acids is 1. The van der Waals surface area contributed by atoms with Crippen LogP contribution in [0.15, 0.2) is 55.1 Å². The number of anilines is 1.